The smallest absolute Gasteiger partial charge is 0.0647 e. The van der Waals surface area contributed by atoms with Gasteiger partial charge in [-0.2, -0.15) is 0 Å². The number of hydrogen-bond acceptors (Lipinski definition) is 3. The first-order valence-electron chi connectivity index (χ1n) is 8.61. The minimum atomic E-state index is 0.393. The van der Waals surface area contributed by atoms with Gasteiger partial charge >= 0.3 is 0 Å². The van der Waals surface area contributed by atoms with E-state index in [2.05, 4.69) is 72.2 Å². The molecule has 126 valence electrons. The van der Waals surface area contributed by atoms with Crippen molar-refractivity contribution in [2.75, 3.05) is 37.5 Å². The molecule has 1 saturated heterocycles. The van der Waals surface area contributed by atoms with Crippen molar-refractivity contribution in [2.24, 2.45) is 0 Å². The molecule has 0 aromatic heterocycles. The summed E-state index contributed by atoms with van der Waals surface area (Å²) >= 11 is 6.35. The topological polar surface area (TPSA) is 9.72 Å². The van der Waals surface area contributed by atoms with Gasteiger partial charge in [0.1, 0.15) is 0 Å². The quantitative estimate of drug-likeness (QED) is 0.744. The van der Waals surface area contributed by atoms with Crippen molar-refractivity contribution in [3.05, 3.63) is 53.1 Å². The molecule has 0 N–H and O–H groups in total. The predicted molar refractivity (Wildman–Crippen MR) is 103 cm³/mol. The molecule has 0 amide bonds. The van der Waals surface area contributed by atoms with Crippen molar-refractivity contribution in [1.29, 1.82) is 0 Å². The lowest BCUT2D eigenvalue weighted by Crippen LogP contribution is -2.43. The van der Waals surface area contributed by atoms with Gasteiger partial charge in [0.15, 0.2) is 0 Å². The molecular weight excluding hydrogens is 318 g/mol. The maximum absolute atomic E-state index is 6.35. The van der Waals surface area contributed by atoms with E-state index in [1.807, 2.05) is 6.07 Å². The first-order valence-corrected chi connectivity index (χ1v) is 8.99. The zero-order valence-corrected chi connectivity index (χ0v) is 15.3. The largest absolute Gasteiger partial charge is 0.363 e. The number of hydrogen-bond donors (Lipinski definition) is 0. The molecule has 2 aromatic carbocycles. The van der Waals surface area contributed by atoms with E-state index in [0.717, 1.165) is 18.0 Å². The van der Waals surface area contributed by atoms with Crippen LogP contribution in [-0.4, -0.2) is 38.6 Å². The summed E-state index contributed by atoms with van der Waals surface area (Å²) in [5, 5.41) is 0.807. The molecule has 2 atom stereocenters. The highest BCUT2D eigenvalue weighted by Crippen LogP contribution is 2.48. The number of halogens is 1. The standard InChI is InChI=1S/C20H24ClN3/c1-22(2)15-10-11-24-19(13-15)16-6-4-5-7-17(16)23(3)18-9-8-14(21)12-20(18)24/h4-9,12,15,19H,10-11,13H2,1-3H3. The molecule has 1 fully saturated rings. The lowest BCUT2D eigenvalue weighted by Gasteiger charge is -2.42. The monoisotopic (exact) mass is 341 g/mol. The number of nitrogens with zero attached hydrogens (tertiary/aromatic N) is 3. The van der Waals surface area contributed by atoms with Gasteiger partial charge in [0.2, 0.25) is 0 Å². The second kappa shape index (κ2) is 5.98. The average molecular weight is 342 g/mol. The molecular formula is C20H24ClN3. The van der Waals surface area contributed by atoms with Crippen LogP contribution in [0.25, 0.3) is 0 Å². The van der Waals surface area contributed by atoms with Crippen molar-refractivity contribution < 1.29 is 0 Å². The summed E-state index contributed by atoms with van der Waals surface area (Å²) in [6.07, 6.45) is 2.32. The van der Waals surface area contributed by atoms with E-state index >= 15 is 0 Å². The third kappa shape index (κ3) is 2.47. The molecule has 0 bridgehead atoms. The summed E-state index contributed by atoms with van der Waals surface area (Å²) in [6, 6.07) is 16.1. The van der Waals surface area contributed by atoms with Crippen molar-refractivity contribution >= 4 is 28.7 Å². The van der Waals surface area contributed by atoms with Gasteiger partial charge in [-0.1, -0.05) is 29.8 Å². The van der Waals surface area contributed by atoms with Gasteiger partial charge in [-0.3, -0.25) is 0 Å². The Hall–Kier alpha value is -1.71. The lowest BCUT2D eigenvalue weighted by molar-refractivity contribution is 0.225. The first-order chi connectivity index (χ1) is 11.6. The summed E-state index contributed by atoms with van der Waals surface area (Å²) in [5.41, 5.74) is 5.20. The minimum absolute atomic E-state index is 0.393. The van der Waals surface area contributed by atoms with Crippen LogP contribution in [-0.2, 0) is 0 Å². The van der Waals surface area contributed by atoms with Crippen LogP contribution in [0.15, 0.2) is 42.5 Å². The van der Waals surface area contributed by atoms with Crippen LogP contribution in [0.1, 0.15) is 24.4 Å². The van der Waals surface area contributed by atoms with E-state index in [-0.39, 0.29) is 0 Å². The molecule has 24 heavy (non-hydrogen) atoms. The Morgan fingerprint density at radius 3 is 2.62 bits per heavy atom. The predicted octanol–water partition coefficient (Wildman–Crippen LogP) is 4.69. The Labute approximate surface area is 149 Å². The number of piperidine rings is 1. The fraction of sp³-hybridized carbons (Fsp3) is 0.400. The fourth-order valence-corrected chi connectivity index (χ4v) is 4.38. The fourth-order valence-electron chi connectivity index (χ4n) is 4.21. The molecule has 0 radical (unpaired) electrons. The van der Waals surface area contributed by atoms with Crippen LogP contribution in [0.3, 0.4) is 0 Å². The van der Waals surface area contributed by atoms with Gasteiger partial charge in [0.25, 0.3) is 0 Å². The lowest BCUT2D eigenvalue weighted by atomic mass is 9.90. The molecule has 4 rings (SSSR count). The molecule has 0 saturated carbocycles. The Morgan fingerprint density at radius 1 is 1.04 bits per heavy atom. The van der Waals surface area contributed by atoms with Crippen LogP contribution >= 0.6 is 11.6 Å². The second-order valence-corrected chi connectivity index (χ2v) is 7.54. The Morgan fingerprint density at radius 2 is 1.83 bits per heavy atom. The first kappa shape index (κ1) is 15.8. The van der Waals surface area contributed by atoms with Gasteiger partial charge in [0, 0.05) is 30.3 Å². The number of benzene rings is 2. The number of anilines is 3. The summed E-state index contributed by atoms with van der Waals surface area (Å²) in [5.74, 6) is 0. The molecule has 2 heterocycles. The Balaban J connectivity index is 1.89. The van der Waals surface area contributed by atoms with E-state index in [9.17, 15) is 0 Å². The SMILES string of the molecule is CN1c2ccccc2C2CC(N(C)C)CCN2c2cc(Cl)ccc21. The van der Waals surface area contributed by atoms with Crippen LogP contribution in [0.4, 0.5) is 17.1 Å². The van der Waals surface area contributed by atoms with E-state index in [1.54, 1.807) is 0 Å². The second-order valence-electron chi connectivity index (χ2n) is 7.10. The van der Waals surface area contributed by atoms with Crippen LogP contribution < -0.4 is 9.80 Å². The Kier molecular flexibility index (Phi) is 3.93. The van der Waals surface area contributed by atoms with Crippen LogP contribution in [0.5, 0.6) is 0 Å². The maximum Gasteiger partial charge on any atom is 0.0647 e. The number of rotatable bonds is 1. The summed E-state index contributed by atoms with van der Waals surface area (Å²) in [6.45, 7) is 1.06. The van der Waals surface area contributed by atoms with Crippen molar-refractivity contribution in [3.63, 3.8) is 0 Å². The maximum atomic E-state index is 6.35. The molecule has 0 aliphatic carbocycles. The normalized spacial score (nSPS) is 22.7. The molecule has 4 heteroatoms. The molecule has 2 aliphatic heterocycles. The highest BCUT2D eigenvalue weighted by atomic mass is 35.5. The molecule has 0 spiro atoms. The van der Waals surface area contributed by atoms with E-state index < -0.39 is 0 Å². The zero-order chi connectivity index (χ0) is 16.8. The number of para-hydroxylation sites is 1. The van der Waals surface area contributed by atoms with Crippen molar-refractivity contribution in [3.8, 4) is 0 Å². The van der Waals surface area contributed by atoms with Gasteiger partial charge in [-0.05, 0) is 56.8 Å². The molecule has 2 aromatic rings. The summed E-state index contributed by atoms with van der Waals surface area (Å²) in [4.78, 5) is 7.24. The van der Waals surface area contributed by atoms with Crippen molar-refractivity contribution in [2.45, 2.75) is 24.9 Å². The third-order valence-electron chi connectivity index (χ3n) is 5.57. The molecule has 2 unspecified atom stereocenters. The zero-order valence-electron chi connectivity index (χ0n) is 14.5. The average Bonchev–Trinajstić information content (AvgIpc) is 2.69. The highest BCUT2D eigenvalue weighted by Gasteiger charge is 2.36. The highest BCUT2D eigenvalue weighted by molar-refractivity contribution is 6.31. The van der Waals surface area contributed by atoms with Crippen molar-refractivity contribution in [1.82, 2.24) is 4.90 Å². The van der Waals surface area contributed by atoms with E-state index in [0.29, 0.717) is 12.1 Å². The molecule has 3 nitrogen and oxygen atoms in total. The van der Waals surface area contributed by atoms with Gasteiger partial charge in [-0.25, -0.2) is 0 Å². The van der Waals surface area contributed by atoms with Gasteiger partial charge < -0.3 is 14.7 Å². The number of fused-ring (bicyclic) bond motifs is 5. The van der Waals surface area contributed by atoms with E-state index in [4.69, 9.17) is 11.6 Å². The van der Waals surface area contributed by atoms with Crippen LogP contribution in [0.2, 0.25) is 5.02 Å². The minimum Gasteiger partial charge on any atom is -0.363 e. The summed E-state index contributed by atoms with van der Waals surface area (Å²) < 4.78 is 0. The van der Waals surface area contributed by atoms with Crippen LogP contribution in [0, 0.1) is 0 Å². The van der Waals surface area contributed by atoms with E-state index in [1.165, 1.54) is 29.0 Å². The van der Waals surface area contributed by atoms with Gasteiger partial charge in [-0.15, -0.1) is 0 Å². The molecule has 2 aliphatic rings. The third-order valence-corrected chi connectivity index (χ3v) is 5.81. The van der Waals surface area contributed by atoms with Gasteiger partial charge in [0.05, 0.1) is 17.4 Å². The summed E-state index contributed by atoms with van der Waals surface area (Å²) in [7, 11) is 6.55. The Bertz CT molecular complexity index is 758.